The number of ether oxygens (including phenoxy) is 9. The predicted molar refractivity (Wildman–Crippen MR) is 152 cm³/mol. The SMILES string of the molecule is CCOC(CO)c1cc(C(CO)OC)cc(C(CO)OCC(F)(F)OC(F)(F)C(F)(F)OC(F)(F)C(F)(F)OC(F)(F)C(F)(F)OC(F)(F)C(F)(F)OC(F)(F)C(F)(F)OC(F)(F)C(F)(F)F)c1. The fraction of sp³-hybridized carbons (Fsp3) is 0.793. The van der Waals surface area contributed by atoms with Gasteiger partial charge in [-0.2, -0.15) is 119 Å². The Morgan fingerprint density at radius 1 is 0.368 bits per heavy atom. The molecule has 1 rings (SSSR count). The minimum atomic E-state index is -8.33. The van der Waals surface area contributed by atoms with E-state index >= 15 is 0 Å². The van der Waals surface area contributed by atoms with Gasteiger partial charge in [-0.25, -0.2) is 28.4 Å². The lowest BCUT2D eigenvalue weighted by Crippen LogP contribution is -2.62. The van der Waals surface area contributed by atoms with E-state index in [9.17, 15) is 134 Å². The lowest BCUT2D eigenvalue weighted by molar-refractivity contribution is -0.595. The molecular weight excluding hydrogens is 1050 g/mol. The third-order valence-corrected chi connectivity index (χ3v) is 7.30. The zero-order chi connectivity index (χ0) is 54.0. The van der Waals surface area contributed by atoms with Crippen molar-refractivity contribution in [1.82, 2.24) is 0 Å². The second kappa shape index (κ2) is 20.9. The van der Waals surface area contributed by atoms with E-state index in [0.29, 0.717) is 0 Å². The molecule has 0 saturated heterocycles. The summed E-state index contributed by atoms with van der Waals surface area (Å²) in [5.41, 5.74) is -0.703. The second-order valence-electron chi connectivity index (χ2n) is 12.4. The Balaban J connectivity index is 3.35. The minimum absolute atomic E-state index is 0.0961. The van der Waals surface area contributed by atoms with Gasteiger partial charge in [0.25, 0.3) is 0 Å². The first kappa shape index (κ1) is 62.9. The zero-order valence-corrected chi connectivity index (χ0v) is 32.2. The summed E-state index contributed by atoms with van der Waals surface area (Å²) in [6.07, 6.45) is -107. The molecule has 0 aromatic heterocycles. The Kier molecular flexibility index (Phi) is 19.3. The maximum absolute atomic E-state index is 14.4. The monoisotopic (exact) mass is 1080 g/mol. The number of aliphatic hydroxyl groups excluding tert-OH is 3. The van der Waals surface area contributed by atoms with Crippen LogP contribution in [0.25, 0.3) is 0 Å². The van der Waals surface area contributed by atoms with Crippen LogP contribution in [-0.4, -0.2) is 135 Å². The normalized spacial score (nSPS) is 16.6. The van der Waals surface area contributed by atoms with Crippen molar-refractivity contribution in [2.24, 2.45) is 0 Å². The first-order valence-corrected chi connectivity index (χ1v) is 16.6. The van der Waals surface area contributed by atoms with Gasteiger partial charge >= 0.3 is 79.5 Å². The fourth-order valence-corrected chi connectivity index (χ4v) is 4.16. The largest absolute Gasteiger partial charge is 0.483 e. The standard InChI is InChI=1S/C29H25F27O12/c1-3-61-15(8-58)12-4-11(14(7-57)60-2)5-13(6-12)16(9-59)62-10-17(30,31)63-20(37,38)21(39,40)65-24(45,46)25(47,48)67-28(53,54)29(55,56)68-27(51,52)26(49,50)66-23(43,44)22(41,42)64-19(35,36)18(32,33)34/h4-6,14-16,57-59H,3,7-10H2,1-2H3. The van der Waals surface area contributed by atoms with Crippen molar-refractivity contribution in [3.8, 4) is 0 Å². The summed E-state index contributed by atoms with van der Waals surface area (Å²) < 4.78 is 387. The number of halogens is 27. The number of rotatable bonds is 29. The second-order valence-corrected chi connectivity index (χ2v) is 12.4. The molecule has 402 valence electrons. The Morgan fingerprint density at radius 3 is 0.838 bits per heavy atom. The van der Waals surface area contributed by atoms with Gasteiger partial charge in [-0.3, -0.25) is 0 Å². The molecule has 0 aliphatic heterocycles. The number of hydrogen-bond donors (Lipinski definition) is 3. The smallest absolute Gasteiger partial charge is 0.393 e. The molecule has 3 atom stereocenters. The predicted octanol–water partition coefficient (Wildman–Crippen LogP) is 9.26. The van der Waals surface area contributed by atoms with Crippen LogP contribution in [0, 0.1) is 0 Å². The van der Waals surface area contributed by atoms with Crippen LogP contribution in [0.15, 0.2) is 18.2 Å². The number of benzene rings is 1. The van der Waals surface area contributed by atoms with Crippen molar-refractivity contribution in [3.63, 3.8) is 0 Å². The van der Waals surface area contributed by atoms with Crippen molar-refractivity contribution in [1.29, 1.82) is 0 Å². The number of methoxy groups -OCH3 is 1. The van der Waals surface area contributed by atoms with Crippen molar-refractivity contribution in [3.05, 3.63) is 34.9 Å². The topological polar surface area (TPSA) is 144 Å². The number of alkyl halides is 27. The average Bonchev–Trinajstić information content (AvgIpc) is 3.11. The van der Waals surface area contributed by atoms with E-state index in [-0.39, 0.29) is 17.7 Å². The molecular formula is C29H25F27O12. The lowest BCUT2D eigenvalue weighted by Gasteiger charge is -2.37. The van der Waals surface area contributed by atoms with E-state index in [4.69, 9.17) is 9.47 Å². The highest BCUT2D eigenvalue weighted by Crippen LogP contribution is 2.54. The van der Waals surface area contributed by atoms with Gasteiger partial charge in [0.2, 0.25) is 0 Å². The van der Waals surface area contributed by atoms with Crippen LogP contribution in [0.1, 0.15) is 41.9 Å². The highest BCUT2D eigenvalue weighted by molar-refractivity contribution is 5.34. The average molecular weight is 1080 g/mol. The van der Waals surface area contributed by atoms with Crippen LogP contribution in [-0.2, 0) is 42.6 Å². The van der Waals surface area contributed by atoms with E-state index < -0.39 is 130 Å². The molecule has 0 amide bonds. The van der Waals surface area contributed by atoms with Gasteiger partial charge in [-0.15, -0.1) is 0 Å². The van der Waals surface area contributed by atoms with Crippen LogP contribution in [0.3, 0.4) is 0 Å². The molecule has 1 aromatic rings. The van der Waals surface area contributed by atoms with Crippen molar-refractivity contribution in [2.45, 2.75) is 105 Å². The lowest BCUT2D eigenvalue weighted by atomic mass is 9.96. The molecule has 1 aromatic carbocycles. The summed E-state index contributed by atoms with van der Waals surface area (Å²) in [7, 11) is 1.02. The molecule has 68 heavy (non-hydrogen) atoms. The Bertz CT molecular complexity index is 1780. The molecule has 0 aliphatic rings. The summed E-state index contributed by atoms with van der Waals surface area (Å²) in [6, 6.07) is 2.99. The summed E-state index contributed by atoms with van der Waals surface area (Å²) in [5.74, 6) is 0. The maximum Gasteiger partial charge on any atom is 0.483 e. The van der Waals surface area contributed by atoms with Gasteiger partial charge in [0.1, 0.15) is 24.9 Å². The van der Waals surface area contributed by atoms with Gasteiger partial charge in [0.05, 0.1) is 19.8 Å². The molecule has 0 heterocycles. The fourth-order valence-electron chi connectivity index (χ4n) is 4.16. The zero-order valence-electron chi connectivity index (χ0n) is 32.2. The highest BCUT2D eigenvalue weighted by Gasteiger charge is 2.80. The molecule has 12 nitrogen and oxygen atoms in total. The van der Waals surface area contributed by atoms with Crippen LogP contribution >= 0.6 is 0 Å². The number of hydrogen-bond acceptors (Lipinski definition) is 12. The van der Waals surface area contributed by atoms with Crippen molar-refractivity contribution in [2.75, 3.05) is 40.1 Å². The molecule has 39 heteroatoms. The molecule has 0 radical (unpaired) electrons. The van der Waals surface area contributed by atoms with Gasteiger partial charge in [0.15, 0.2) is 0 Å². The summed E-state index contributed by atoms with van der Waals surface area (Å²) in [4.78, 5) is 0. The van der Waals surface area contributed by atoms with Crippen LogP contribution in [0.4, 0.5) is 119 Å². The molecule has 3 unspecified atom stereocenters. The van der Waals surface area contributed by atoms with E-state index in [0.717, 1.165) is 28.7 Å². The van der Waals surface area contributed by atoms with Crippen LogP contribution < -0.4 is 0 Å². The Labute approximate surface area is 357 Å². The summed E-state index contributed by atoms with van der Waals surface area (Å²) in [5, 5.41) is 28.9. The molecule has 0 bridgehead atoms. The quantitative estimate of drug-likeness (QED) is 0.0659. The van der Waals surface area contributed by atoms with Gasteiger partial charge in [-0.1, -0.05) is 18.2 Å². The number of aliphatic hydroxyl groups is 3. The first-order chi connectivity index (χ1) is 30.0. The van der Waals surface area contributed by atoms with Crippen molar-refractivity contribution >= 4 is 0 Å². The summed E-state index contributed by atoms with van der Waals surface area (Å²) >= 11 is 0. The van der Waals surface area contributed by atoms with Gasteiger partial charge in [-0.05, 0) is 23.6 Å². The molecule has 0 saturated carbocycles. The highest BCUT2D eigenvalue weighted by atomic mass is 19.4. The first-order valence-electron chi connectivity index (χ1n) is 16.6. The van der Waals surface area contributed by atoms with Gasteiger partial charge in [0, 0.05) is 13.7 Å². The van der Waals surface area contributed by atoms with E-state index in [1.165, 1.54) is 27.2 Å². The van der Waals surface area contributed by atoms with E-state index in [2.05, 4.69) is 9.47 Å². The van der Waals surface area contributed by atoms with Gasteiger partial charge < -0.3 is 29.5 Å². The molecule has 3 N–H and O–H groups in total. The van der Waals surface area contributed by atoms with Crippen LogP contribution in [0.5, 0.6) is 0 Å². The third-order valence-electron chi connectivity index (χ3n) is 7.30. The summed E-state index contributed by atoms with van der Waals surface area (Å²) in [6.45, 7) is -4.62. The van der Waals surface area contributed by atoms with E-state index in [1.807, 2.05) is 0 Å². The molecule has 0 fully saturated rings. The van der Waals surface area contributed by atoms with E-state index in [1.54, 1.807) is 0 Å². The maximum atomic E-state index is 14.4. The molecule has 0 spiro atoms. The van der Waals surface area contributed by atoms with Crippen LogP contribution in [0.2, 0.25) is 0 Å². The Hall–Kier alpha value is -3.15. The minimum Gasteiger partial charge on any atom is -0.393 e. The third kappa shape index (κ3) is 14.7. The molecule has 0 aliphatic carbocycles. The Morgan fingerprint density at radius 2 is 0.603 bits per heavy atom. The van der Waals surface area contributed by atoms with Crippen molar-refractivity contribution < 1.29 is 176 Å².